The van der Waals surface area contributed by atoms with Crippen LogP contribution in [0.5, 0.6) is 11.5 Å². The highest BCUT2D eigenvalue weighted by molar-refractivity contribution is 6.31. The maximum atomic E-state index is 14.5. The van der Waals surface area contributed by atoms with Gasteiger partial charge in [-0.05, 0) is 74.1 Å². The van der Waals surface area contributed by atoms with Gasteiger partial charge in [0, 0.05) is 30.9 Å². The van der Waals surface area contributed by atoms with Crippen molar-refractivity contribution in [3.8, 4) is 11.5 Å². The van der Waals surface area contributed by atoms with Crippen molar-refractivity contribution in [3.05, 3.63) is 76.3 Å². The van der Waals surface area contributed by atoms with Crippen molar-refractivity contribution >= 4 is 46.9 Å². The second-order valence-electron chi connectivity index (χ2n) is 12.9. The number of rotatable bonds is 6. The molecule has 0 radical (unpaired) electrons. The zero-order chi connectivity index (χ0) is 32.7. The average Bonchev–Trinajstić information content (AvgIpc) is 3.37. The Morgan fingerprint density at radius 1 is 1.09 bits per heavy atom. The molecule has 12 heteroatoms. The van der Waals surface area contributed by atoms with E-state index in [9.17, 15) is 33.5 Å². The molecule has 2 aromatic carbocycles. The number of carbonyl (C=O) groups is 5. The molecule has 2 aromatic rings. The number of halogens is 2. The number of hydrogen-bond donors (Lipinski definition) is 2. The number of carbonyl (C=O) groups excluding carboxylic acids is 4. The first-order valence-corrected chi connectivity index (χ1v) is 15.6. The first-order chi connectivity index (χ1) is 21.9. The summed E-state index contributed by atoms with van der Waals surface area (Å²) in [6.45, 7) is 1.72. The summed E-state index contributed by atoms with van der Waals surface area (Å²) < 4.78 is 20.1. The number of carboxylic acids is 1. The van der Waals surface area contributed by atoms with Crippen LogP contribution in [0.2, 0.25) is 5.02 Å². The third-order valence-electron chi connectivity index (χ3n) is 10.4. The summed E-state index contributed by atoms with van der Waals surface area (Å²) in [5.41, 5.74) is 0.933. The van der Waals surface area contributed by atoms with Crippen molar-refractivity contribution in [1.29, 1.82) is 0 Å². The number of nitrogens with zero attached hydrogens (tertiary/aromatic N) is 2. The quantitative estimate of drug-likeness (QED) is 0.341. The zero-order valence-corrected chi connectivity index (χ0v) is 25.5. The number of amides is 4. The predicted molar refractivity (Wildman–Crippen MR) is 161 cm³/mol. The number of fused-ring (bicyclic) bond motifs is 5. The van der Waals surface area contributed by atoms with Crippen LogP contribution < -0.4 is 9.64 Å². The fourth-order valence-electron chi connectivity index (χ4n) is 8.39. The van der Waals surface area contributed by atoms with E-state index in [-0.39, 0.29) is 54.6 Å². The Hall–Kier alpha value is -4.51. The van der Waals surface area contributed by atoms with Crippen molar-refractivity contribution in [2.75, 3.05) is 11.4 Å². The van der Waals surface area contributed by atoms with Gasteiger partial charge in [0.25, 0.3) is 0 Å². The summed E-state index contributed by atoms with van der Waals surface area (Å²) in [5, 5.41) is 19.0. The molecule has 0 aromatic heterocycles. The second-order valence-corrected chi connectivity index (χ2v) is 13.3. The number of carboxylic acid groups (broad SMARTS) is 1. The molecule has 7 rings (SSSR count). The number of likely N-dealkylation sites (tertiary alicyclic amines) is 1. The Bertz CT molecular complexity index is 1800. The van der Waals surface area contributed by atoms with Crippen LogP contribution in [0.1, 0.15) is 38.2 Å². The predicted octanol–water partition coefficient (Wildman–Crippen LogP) is 4.63. The van der Waals surface area contributed by atoms with Gasteiger partial charge in [-0.25, -0.2) is 9.29 Å². The summed E-state index contributed by atoms with van der Waals surface area (Å²) >= 11 is 6.06. The smallest absolute Gasteiger partial charge is 0.303 e. The average molecular weight is 649 g/mol. The lowest BCUT2D eigenvalue weighted by atomic mass is 9.51. The van der Waals surface area contributed by atoms with E-state index < -0.39 is 64.5 Å². The van der Waals surface area contributed by atoms with Gasteiger partial charge < -0.3 is 14.9 Å². The van der Waals surface area contributed by atoms with Crippen LogP contribution in [0.25, 0.3) is 0 Å². The molecule has 10 nitrogen and oxygen atoms in total. The molecule has 1 saturated carbocycles. The summed E-state index contributed by atoms with van der Waals surface area (Å²) in [6, 6.07) is 8.38. The number of allylic oxidation sites excluding steroid dienone is 3. The van der Waals surface area contributed by atoms with Crippen LogP contribution >= 0.6 is 11.6 Å². The Labute approximate surface area is 268 Å². The Morgan fingerprint density at radius 2 is 1.87 bits per heavy atom. The highest BCUT2D eigenvalue weighted by Gasteiger charge is 2.68. The van der Waals surface area contributed by atoms with Gasteiger partial charge in [-0.1, -0.05) is 23.3 Å². The topological polar surface area (TPSA) is 142 Å². The number of aromatic hydroxyl groups is 1. The largest absolute Gasteiger partial charge is 0.508 e. The molecule has 3 aliphatic heterocycles. The molecule has 0 bridgehead atoms. The van der Waals surface area contributed by atoms with Gasteiger partial charge in [-0.15, -0.1) is 0 Å². The fraction of sp³-hybridized carbons (Fsp3) is 0.382. The van der Waals surface area contributed by atoms with E-state index in [1.54, 1.807) is 25.3 Å². The van der Waals surface area contributed by atoms with E-state index in [0.29, 0.717) is 23.3 Å². The Kier molecular flexibility index (Phi) is 7.08. The molecule has 2 N–H and O–H groups in total. The van der Waals surface area contributed by atoms with Crippen LogP contribution in [0.4, 0.5) is 10.1 Å². The van der Waals surface area contributed by atoms with Crippen molar-refractivity contribution < 1.29 is 43.3 Å². The minimum absolute atomic E-state index is 0.0145. The van der Waals surface area contributed by atoms with Gasteiger partial charge in [0.2, 0.25) is 23.6 Å². The van der Waals surface area contributed by atoms with Gasteiger partial charge in [-0.2, -0.15) is 0 Å². The minimum Gasteiger partial charge on any atom is -0.508 e. The Morgan fingerprint density at radius 3 is 2.61 bits per heavy atom. The highest BCUT2D eigenvalue weighted by Crippen LogP contribution is 2.63. The summed E-state index contributed by atoms with van der Waals surface area (Å²) in [5.74, 6) is -6.49. The molecule has 2 aliphatic carbocycles. The second kappa shape index (κ2) is 10.8. The zero-order valence-electron chi connectivity index (χ0n) is 24.7. The number of benzene rings is 2. The Balaban J connectivity index is 1.32. The molecule has 3 heterocycles. The molecular formula is C34H30ClFN2O8. The highest BCUT2D eigenvalue weighted by atomic mass is 35.5. The first kappa shape index (κ1) is 30.2. The van der Waals surface area contributed by atoms with E-state index in [1.165, 1.54) is 18.2 Å². The number of anilines is 1. The number of aliphatic carboxylic acids is 1. The van der Waals surface area contributed by atoms with E-state index >= 15 is 0 Å². The van der Waals surface area contributed by atoms with Gasteiger partial charge in [0.1, 0.15) is 17.3 Å². The molecule has 0 spiro atoms. The van der Waals surface area contributed by atoms with Crippen molar-refractivity contribution in [2.24, 2.45) is 35.0 Å². The number of phenolic OH excluding ortho intramolecular Hbond substituents is 1. The van der Waals surface area contributed by atoms with Crippen LogP contribution in [-0.2, 0) is 30.4 Å². The molecule has 4 amide bonds. The van der Waals surface area contributed by atoms with Crippen LogP contribution in [0.3, 0.4) is 0 Å². The maximum absolute atomic E-state index is 14.5. The molecule has 3 fully saturated rings. The normalized spacial score (nSPS) is 29.8. The minimum atomic E-state index is -1.33. The molecule has 5 aliphatic rings. The van der Waals surface area contributed by atoms with Gasteiger partial charge in [0.05, 0.1) is 40.1 Å². The molecule has 46 heavy (non-hydrogen) atoms. The van der Waals surface area contributed by atoms with Crippen molar-refractivity contribution in [1.82, 2.24) is 4.90 Å². The number of hydrogen-bond acceptors (Lipinski definition) is 7. The summed E-state index contributed by atoms with van der Waals surface area (Å²) in [4.78, 5) is 69.4. The maximum Gasteiger partial charge on any atom is 0.303 e. The molecule has 238 valence electrons. The lowest BCUT2D eigenvalue weighted by molar-refractivity contribution is -0.142. The van der Waals surface area contributed by atoms with E-state index in [1.807, 2.05) is 6.08 Å². The van der Waals surface area contributed by atoms with Crippen LogP contribution in [0.15, 0.2) is 59.9 Å². The molecular weight excluding hydrogens is 619 g/mol. The van der Waals surface area contributed by atoms with Crippen molar-refractivity contribution in [3.63, 3.8) is 0 Å². The number of imide groups is 2. The lowest BCUT2D eigenvalue weighted by Crippen LogP contribution is -2.51. The van der Waals surface area contributed by atoms with Gasteiger partial charge >= 0.3 is 5.97 Å². The first-order valence-electron chi connectivity index (χ1n) is 15.2. The standard InChI is InChI=1S/C34H30ClFN2O8/c1-34-23(31(43)38(33(34)45)18-4-8-25(36)24(35)13-18)14-22-20(29(34)17-11-16-12-19(39)5-9-26(16)46-15-17)6-7-21-28(22)32(44)37(30(21)42)10-2-3-27(40)41/h4-6,8-9,12-13,15,21-23,28-29,39H,2-3,7,10-11,14H2,1H3,(H,40,41)/t21-,22+,23-,28-,29-,34+/m0/s1. The van der Waals surface area contributed by atoms with E-state index in [2.05, 4.69) is 0 Å². The summed E-state index contributed by atoms with van der Waals surface area (Å²) in [6.07, 6.45) is 4.09. The van der Waals surface area contributed by atoms with E-state index in [4.69, 9.17) is 21.4 Å². The molecule has 2 saturated heterocycles. The molecule has 6 atom stereocenters. The molecule has 0 unspecified atom stereocenters. The third kappa shape index (κ3) is 4.39. The lowest BCUT2D eigenvalue weighted by Gasteiger charge is -2.49. The SMILES string of the molecule is C[C@@]12C(=O)N(c3ccc(F)c(Cl)c3)C(=O)[C@@H]1C[C@@H]1C(=CC[C@@H]3C(=O)N(CCCC(=O)O)C(=O)[C@@H]31)[C@@H]2C1=COc2ccc(O)cc2C1. The number of phenols is 1. The van der Waals surface area contributed by atoms with Crippen LogP contribution in [0, 0.1) is 40.8 Å². The van der Waals surface area contributed by atoms with E-state index in [0.717, 1.165) is 21.4 Å². The van der Waals surface area contributed by atoms with Gasteiger partial charge in [0.15, 0.2) is 0 Å². The van der Waals surface area contributed by atoms with Crippen LogP contribution in [-0.4, -0.2) is 51.3 Å². The number of ether oxygens (including phenoxy) is 1. The fourth-order valence-corrected chi connectivity index (χ4v) is 8.56. The van der Waals surface area contributed by atoms with Gasteiger partial charge in [-0.3, -0.25) is 28.9 Å². The van der Waals surface area contributed by atoms with Crippen molar-refractivity contribution in [2.45, 2.75) is 39.0 Å². The summed E-state index contributed by atoms with van der Waals surface area (Å²) in [7, 11) is 0. The third-order valence-corrected chi connectivity index (χ3v) is 10.7. The monoisotopic (exact) mass is 648 g/mol.